The molecule has 26 heavy (non-hydrogen) atoms. The summed E-state index contributed by atoms with van der Waals surface area (Å²) in [5, 5.41) is 13.5. The van der Waals surface area contributed by atoms with Gasteiger partial charge in [0.15, 0.2) is 0 Å². The van der Waals surface area contributed by atoms with Crippen LogP contribution < -0.4 is 5.32 Å². The molecule has 1 amide bonds. The van der Waals surface area contributed by atoms with E-state index in [4.69, 9.17) is 4.74 Å². The van der Waals surface area contributed by atoms with E-state index in [-0.39, 0.29) is 11.6 Å². The molecule has 1 fully saturated rings. The number of rotatable bonds is 6. The van der Waals surface area contributed by atoms with Gasteiger partial charge < -0.3 is 10.1 Å². The minimum Gasteiger partial charge on any atom is -0.447 e. The Morgan fingerprint density at radius 1 is 1.19 bits per heavy atom. The number of non-ortho nitro benzene ring substituents is 1. The van der Waals surface area contributed by atoms with Gasteiger partial charge >= 0.3 is 5.97 Å². The molecule has 0 aliphatic heterocycles. The van der Waals surface area contributed by atoms with Crippen LogP contribution in [0, 0.1) is 16.0 Å². The van der Waals surface area contributed by atoms with Crippen molar-refractivity contribution >= 4 is 39.2 Å². The van der Waals surface area contributed by atoms with Crippen molar-refractivity contribution in [3.8, 4) is 0 Å². The second-order valence-corrected chi connectivity index (χ2v) is 6.77. The van der Waals surface area contributed by atoms with Crippen molar-refractivity contribution < 1.29 is 19.2 Å². The van der Waals surface area contributed by atoms with Crippen LogP contribution in [0.15, 0.2) is 53.0 Å². The highest BCUT2D eigenvalue weighted by molar-refractivity contribution is 9.10. The Labute approximate surface area is 157 Å². The van der Waals surface area contributed by atoms with E-state index in [1.807, 2.05) is 0 Å². The van der Waals surface area contributed by atoms with E-state index in [0.717, 1.165) is 12.8 Å². The zero-order chi connectivity index (χ0) is 18.7. The summed E-state index contributed by atoms with van der Waals surface area (Å²) in [5.74, 6) is -1.06. The van der Waals surface area contributed by atoms with Crippen molar-refractivity contribution in [2.75, 3.05) is 5.32 Å². The Morgan fingerprint density at radius 3 is 2.46 bits per heavy atom. The van der Waals surface area contributed by atoms with Crippen LogP contribution >= 0.6 is 15.9 Å². The number of carbonyl (C=O) groups is 2. The third-order valence-corrected chi connectivity index (χ3v) is 4.56. The highest BCUT2D eigenvalue weighted by atomic mass is 79.9. The van der Waals surface area contributed by atoms with Crippen molar-refractivity contribution in [3.63, 3.8) is 0 Å². The minimum atomic E-state index is -1.09. The number of anilines is 1. The van der Waals surface area contributed by atoms with Crippen molar-refractivity contribution in [1.82, 2.24) is 0 Å². The van der Waals surface area contributed by atoms with Crippen LogP contribution in [-0.2, 0) is 14.3 Å². The van der Waals surface area contributed by atoms with E-state index in [0.29, 0.717) is 15.7 Å². The summed E-state index contributed by atoms with van der Waals surface area (Å²) in [4.78, 5) is 35.0. The van der Waals surface area contributed by atoms with Crippen molar-refractivity contribution in [3.05, 3.63) is 68.7 Å². The van der Waals surface area contributed by atoms with Gasteiger partial charge in [0.05, 0.1) is 16.5 Å². The molecule has 0 radical (unpaired) electrons. The van der Waals surface area contributed by atoms with Crippen LogP contribution in [0.3, 0.4) is 0 Å². The molecule has 2 aromatic carbocycles. The van der Waals surface area contributed by atoms with Crippen LogP contribution in [0.1, 0.15) is 24.5 Å². The second-order valence-electron chi connectivity index (χ2n) is 5.91. The van der Waals surface area contributed by atoms with E-state index in [1.54, 1.807) is 30.3 Å². The number of amides is 1. The van der Waals surface area contributed by atoms with Crippen LogP contribution in [0.4, 0.5) is 11.4 Å². The molecule has 0 bridgehead atoms. The average molecular weight is 419 g/mol. The first kappa shape index (κ1) is 18.1. The number of benzene rings is 2. The number of carbonyl (C=O) groups excluding carboxylic acids is 2. The van der Waals surface area contributed by atoms with E-state index >= 15 is 0 Å². The highest BCUT2D eigenvalue weighted by Gasteiger charge is 2.35. The summed E-state index contributed by atoms with van der Waals surface area (Å²) in [7, 11) is 0. The molecule has 0 saturated heterocycles. The molecule has 0 aromatic heterocycles. The fourth-order valence-corrected chi connectivity index (χ4v) is 2.82. The van der Waals surface area contributed by atoms with E-state index in [2.05, 4.69) is 21.2 Å². The molecular formula is C18H15BrN2O5. The molecule has 3 rings (SSSR count). The summed E-state index contributed by atoms with van der Waals surface area (Å²) in [6.07, 6.45) is 0.456. The molecule has 0 heterocycles. The van der Waals surface area contributed by atoms with Crippen LogP contribution in [0.5, 0.6) is 0 Å². The first-order valence-corrected chi connectivity index (χ1v) is 8.75. The van der Waals surface area contributed by atoms with Crippen LogP contribution in [0.2, 0.25) is 0 Å². The SMILES string of the molecule is O=C(O[C@H](C(=O)Nc1ccc([N+](=O)[O-])cc1Br)c1ccccc1)C1CC1. The summed E-state index contributed by atoms with van der Waals surface area (Å²) in [6.45, 7) is 0. The molecule has 2 aromatic rings. The Hall–Kier alpha value is -2.74. The van der Waals surface area contributed by atoms with Gasteiger partial charge in [0.1, 0.15) is 0 Å². The molecule has 1 N–H and O–H groups in total. The lowest BCUT2D eigenvalue weighted by Crippen LogP contribution is -2.26. The minimum absolute atomic E-state index is 0.102. The molecule has 0 spiro atoms. The number of nitrogens with one attached hydrogen (secondary N) is 1. The zero-order valence-corrected chi connectivity index (χ0v) is 15.1. The topological polar surface area (TPSA) is 98.5 Å². The predicted molar refractivity (Wildman–Crippen MR) is 97.4 cm³/mol. The highest BCUT2D eigenvalue weighted by Crippen LogP contribution is 2.33. The average Bonchev–Trinajstić information content (AvgIpc) is 3.47. The van der Waals surface area contributed by atoms with Crippen molar-refractivity contribution in [2.45, 2.75) is 18.9 Å². The van der Waals surface area contributed by atoms with Gasteiger partial charge in [-0.25, -0.2) is 0 Å². The Kier molecular flexibility index (Phi) is 5.32. The number of ether oxygens (including phenoxy) is 1. The molecule has 0 unspecified atom stereocenters. The molecule has 1 saturated carbocycles. The lowest BCUT2D eigenvalue weighted by molar-refractivity contribution is -0.384. The van der Waals surface area contributed by atoms with Gasteiger partial charge in [-0.2, -0.15) is 0 Å². The van der Waals surface area contributed by atoms with E-state index in [1.165, 1.54) is 18.2 Å². The first-order valence-electron chi connectivity index (χ1n) is 7.96. The molecule has 1 aliphatic carbocycles. The third kappa shape index (κ3) is 4.26. The number of halogens is 1. The van der Waals surface area contributed by atoms with Gasteiger partial charge in [0.2, 0.25) is 6.10 Å². The maximum atomic E-state index is 12.7. The summed E-state index contributed by atoms with van der Waals surface area (Å²) < 4.78 is 5.78. The molecule has 1 aliphatic rings. The lowest BCUT2D eigenvalue weighted by atomic mass is 10.1. The summed E-state index contributed by atoms with van der Waals surface area (Å²) in [5.41, 5.74) is 0.802. The summed E-state index contributed by atoms with van der Waals surface area (Å²) >= 11 is 3.21. The normalized spacial score (nSPS) is 14.3. The number of esters is 1. The second kappa shape index (κ2) is 7.65. The Bertz CT molecular complexity index is 852. The molecule has 7 nitrogen and oxygen atoms in total. The van der Waals surface area contributed by atoms with Gasteiger partial charge in [0, 0.05) is 22.2 Å². The van der Waals surface area contributed by atoms with Crippen molar-refractivity contribution in [1.29, 1.82) is 0 Å². The van der Waals surface area contributed by atoms with E-state index < -0.39 is 22.9 Å². The van der Waals surface area contributed by atoms with Crippen LogP contribution in [0.25, 0.3) is 0 Å². The fraction of sp³-hybridized carbons (Fsp3) is 0.222. The maximum absolute atomic E-state index is 12.7. The molecule has 134 valence electrons. The molecule has 1 atom stereocenters. The quantitative estimate of drug-likeness (QED) is 0.434. The number of hydrogen-bond acceptors (Lipinski definition) is 5. The smallest absolute Gasteiger partial charge is 0.310 e. The number of nitro benzene ring substituents is 1. The number of nitro groups is 1. The molecular weight excluding hydrogens is 404 g/mol. The number of nitrogens with zero attached hydrogens (tertiary/aromatic N) is 1. The first-order chi connectivity index (χ1) is 12.5. The fourth-order valence-electron chi connectivity index (χ4n) is 2.35. The zero-order valence-electron chi connectivity index (χ0n) is 13.6. The maximum Gasteiger partial charge on any atom is 0.310 e. The van der Waals surface area contributed by atoms with Gasteiger partial charge in [-0.05, 0) is 34.8 Å². The predicted octanol–water partition coefficient (Wildman–Crippen LogP) is 3.99. The number of hydrogen-bond donors (Lipinski definition) is 1. The van der Waals surface area contributed by atoms with Crippen LogP contribution in [-0.4, -0.2) is 16.8 Å². The summed E-state index contributed by atoms with van der Waals surface area (Å²) in [6, 6.07) is 12.7. The van der Waals surface area contributed by atoms with Gasteiger partial charge in [-0.1, -0.05) is 30.3 Å². The van der Waals surface area contributed by atoms with E-state index in [9.17, 15) is 19.7 Å². The lowest BCUT2D eigenvalue weighted by Gasteiger charge is -2.18. The van der Waals surface area contributed by atoms with Gasteiger partial charge in [0.25, 0.3) is 11.6 Å². The Morgan fingerprint density at radius 2 is 1.88 bits per heavy atom. The van der Waals surface area contributed by atoms with Crippen molar-refractivity contribution in [2.24, 2.45) is 5.92 Å². The van der Waals surface area contributed by atoms with Gasteiger partial charge in [-0.15, -0.1) is 0 Å². The Balaban J connectivity index is 1.81. The standard InChI is InChI=1S/C18H15BrN2O5/c19-14-10-13(21(24)25)8-9-15(14)20-17(22)16(11-4-2-1-3-5-11)26-18(23)12-6-7-12/h1-5,8-10,12,16H,6-7H2,(H,20,22)/t16-/m0/s1. The molecule has 8 heteroatoms. The largest absolute Gasteiger partial charge is 0.447 e. The third-order valence-electron chi connectivity index (χ3n) is 3.91. The van der Waals surface area contributed by atoms with Gasteiger partial charge in [-0.3, -0.25) is 19.7 Å². The monoisotopic (exact) mass is 418 g/mol.